The molecule has 0 atom stereocenters. The summed E-state index contributed by atoms with van der Waals surface area (Å²) in [5.74, 6) is -0.0170. The summed E-state index contributed by atoms with van der Waals surface area (Å²) in [6.07, 6.45) is 0.607. The molecule has 1 amide bonds. The van der Waals surface area contributed by atoms with Gasteiger partial charge in [0.15, 0.2) is 0 Å². The van der Waals surface area contributed by atoms with Crippen LogP contribution in [0.5, 0.6) is 0 Å². The highest BCUT2D eigenvalue weighted by molar-refractivity contribution is 6.43. The van der Waals surface area contributed by atoms with E-state index < -0.39 is 0 Å². The van der Waals surface area contributed by atoms with Gasteiger partial charge in [-0.25, -0.2) is 0 Å². The molecule has 0 radical (unpaired) electrons. The summed E-state index contributed by atoms with van der Waals surface area (Å²) in [4.78, 5) is 11.4. The highest BCUT2D eigenvalue weighted by atomic mass is 35.5. The van der Waals surface area contributed by atoms with Crippen LogP contribution in [0, 0.1) is 11.3 Å². The van der Waals surface area contributed by atoms with Crippen molar-refractivity contribution in [1.29, 1.82) is 5.26 Å². The molecular weight excluding hydrogens is 307 g/mol. The normalized spacial score (nSPS) is 12.7. The lowest BCUT2D eigenvalue weighted by Crippen LogP contribution is -2.03. The second kappa shape index (κ2) is 5.40. The van der Waals surface area contributed by atoms with E-state index in [4.69, 9.17) is 28.5 Å². The van der Waals surface area contributed by atoms with E-state index in [2.05, 4.69) is 11.4 Å². The van der Waals surface area contributed by atoms with Crippen LogP contribution >= 0.6 is 23.2 Å². The predicted molar refractivity (Wildman–Crippen MR) is 83.5 cm³/mol. The number of nitrogens with one attached hydrogen (secondary N) is 1. The first-order valence-corrected chi connectivity index (χ1v) is 7.12. The standard InChI is InChI=1S/C16H10Cl2N2O/c17-12-3-1-9(5-6-19)15(16(12)18)10-2-4-13-11(7-10)8-14(21)20-13/h1-4,7H,5,8H2,(H,20,21). The van der Waals surface area contributed by atoms with E-state index in [0.29, 0.717) is 16.5 Å². The molecule has 2 aromatic rings. The first kappa shape index (κ1) is 13.9. The van der Waals surface area contributed by atoms with Gasteiger partial charge in [-0.15, -0.1) is 0 Å². The van der Waals surface area contributed by atoms with Crippen LogP contribution in [-0.2, 0) is 17.6 Å². The smallest absolute Gasteiger partial charge is 0.228 e. The van der Waals surface area contributed by atoms with Gasteiger partial charge < -0.3 is 5.32 Å². The van der Waals surface area contributed by atoms with Crippen molar-refractivity contribution >= 4 is 34.8 Å². The van der Waals surface area contributed by atoms with Crippen LogP contribution in [0.1, 0.15) is 11.1 Å². The molecule has 0 aliphatic carbocycles. The molecule has 104 valence electrons. The van der Waals surface area contributed by atoms with E-state index in [1.54, 1.807) is 6.07 Å². The molecule has 5 heteroatoms. The number of benzene rings is 2. The lowest BCUT2D eigenvalue weighted by Gasteiger charge is -2.12. The van der Waals surface area contributed by atoms with Gasteiger partial charge >= 0.3 is 0 Å². The zero-order chi connectivity index (χ0) is 15.0. The van der Waals surface area contributed by atoms with Gasteiger partial charge in [0, 0.05) is 11.3 Å². The maximum Gasteiger partial charge on any atom is 0.228 e. The molecule has 1 aliphatic rings. The predicted octanol–water partition coefficient (Wildman–Crippen LogP) is 4.22. The average Bonchev–Trinajstić information content (AvgIpc) is 2.82. The van der Waals surface area contributed by atoms with Crippen LogP contribution in [-0.4, -0.2) is 5.91 Å². The second-order valence-corrected chi connectivity index (χ2v) is 5.61. The molecule has 0 saturated carbocycles. The van der Waals surface area contributed by atoms with Crippen LogP contribution in [0.4, 0.5) is 5.69 Å². The maximum atomic E-state index is 11.4. The van der Waals surface area contributed by atoms with Gasteiger partial charge in [0.05, 0.1) is 29.0 Å². The largest absolute Gasteiger partial charge is 0.326 e. The number of nitrogens with zero attached hydrogens (tertiary/aromatic N) is 1. The third-order valence-electron chi connectivity index (χ3n) is 3.47. The highest BCUT2D eigenvalue weighted by Crippen LogP contribution is 2.38. The van der Waals surface area contributed by atoms with Crippen molar-refractivity contribution in [1.82, 2.24) is 0 Å². The summed E-state index contributed by atoms with van der Waals surface area (Å²) in [5, 5.41) is 12.6. The Balaban J connectivity index is 2.17. The van der Waals surface area contributed by atoms with Gasteiger partial charge in [-0.3, -0.25) is 4.79 Å². The molecule has 2 aromatic carbocycles. The molecule has 1 aliphatic heterocycles. The molecule has 3 nitrogen and oxygen atoms in total. The number of amides is 1. The topological polar surface area (TPSA) is 52.9 Å². The molecule has 0 spiro atoms. The number of hydrogen-bond acceptors (Lipinski definition) is 2. The van der Waals surface area contributed by atoms with Gasteiger partial charge in [-0.1, -0.05) is 35.3 Å². The van der Waals surface area contributed by atoms with Crippen LogP contribution < -0.4 is 5.32 Å². The minimum Gasteiger partial charge on any atom is -0.326 e. The Kier molecular flexibility index (Phi) is 3.59. The Bertz CT molecular complexity index is 794. The summed E-state index contributed by atoms with van der Waals surface area (Å²) in [6, 6.07) is 11.3. The Morgan fingerprint density at radius 1 is 1.24 bits per heavy atom. The van der Waals surface area contributed by atoms with E-state index in [1.807, 2.05) is 24.3 Å². The van der Waals surface area contributed by atoms with E-state index >= 15 is 0 Å². The van der Waals surface area contributed by atoms with Crippen molar-refractivity contribution in [2.45, 2.75) is 12.8 Å². The zero-order valence-corrected chi connectivity index (χ0v) is 12.4. The van der Waals surface area contributed by atoms with Crippen LogP contribution in [0.3, 0.4) is 0 Å². The van der Waals surface area contributed by atoms with E-state index in [0.717, 1.165) is 27.9 Å². The maximum absolute atomic E-state index is 11.4. The zero-order valence-electron chi connectivity index (χ0n) is 10.9. The fourth-order valence-electron chi connectivity index (χ4n) is 2.52. The van der Waals surface area contributed by atoms with E-state index in [1.165, 1.54) is 0 Å². The van der Waals surface area contributed by atoms with Crippen molar-refractivity contribution < 1.29 is 4.79 Å². The summed E-state index contributed by atoms with van der Waals surface area (Å²) in [7, 11) is 0. The molecule has 0 aromatic heterocycles. The molecule has 1 N–H and O–H groups in total. The Hall–Kier alpha value is -2.02. The molecule has 21 heavy (non-hydrogen) atoms. The summed E-state index contributed by atoms with van der Waals surface area (Å²) < 4.78 is 0. The quantitative estimate of drug-likeness (QED) is 0.901. The molecule has 0 fully saturated rings. The van der Waals surface area contributed by atoms with Gasteiger partial charge in [-0.2, -0.15) is 5.26 Å². The average molecular weight is 317 g/mol. The SMILES string of the molecule is N#CCc1ccc(Cl)c(Cl)c1-c1ccc2c(c1)CC(=O)N2. The fourth-order valence-corrected chi connectivity index (χ4v) is 2.97. The van der Waals surface area contributed by atoms with Crippen molar-refractivity contribution in [2.24, 2.45) is 0 Å². The van der Waals surface area contributed by atoms with Crippen LogP contribution in [0.15, 0.2) is 30.3 Å². The number of carbonyl (C=O) groups excluding carboxylic acids is 1. The highest BCUT2D eigenvalue weighted by Gasteiger charge is 2.20. The van der Waals surface area contributed by atoms with Gasteiger partial charge in [0.2, 0.25) is 5.91 Å². The minimum atomic E-state index is -0.0170. The molecule has 3 rings (SSSR count). The van der Waals surface area contributed by atoms with Crippen molar-refractivity contribution in [3.63, 3.8) is 0 Å². The molecule has 0 bridgehead atoms. The van der Waals surface area contributed by atoms with Crippen LogP contribution in [0.25, 0.3) is 11.1 Å². The summed E-state index contributed by atoms with van der Waals surface area (Å²) >= 11 is 12.4. The number of hydrogen-bond donors (Lipinski definition) is 1. The second-order valence-electron chi connectivity index (χ2n) is 4.83. The number of carbonyl (C=O) groups is 1. The molecule has 1 heterocycles. The number of nitriles is 1. The van der Waals surface area contributed by atoms with E-state index in [-0.39, 0.29) is 12.3 Å². The third-order valence-corrected chi connectivity index (χ3v) is 4.27. The molecule has 0 saturated heterocycles. The third kappa shape index (κ3) is 2.49. The first-order valence-electron chi connectivity index (χ1n) is 6.37. The molecule has 0 unspecified atom stereocenters. The Morgan fingerprint density at radius 3 is 2.81 bits per heavy atom. The summed E-state index contributed by atoms with van der Waals surface area (Å²) in [6.45, 7) is 0. The lowest BCUT2D eigenvalue weighted by atomic mass is 9.96. The van der Waals surface area contributed by atoms with Crippen molar-refractivity contribution in [3.8, 4) is 17.2 Å². The number of fused-ring (bicyclic) bond motifs is 1. The summed E-state index contributed by atoms with van der Waals surface area (Å²) in [5.41, 5.74) is 4.19. The van der Waals surface area contributed by atoms with E-state index in [9.17, 15) is 4.79 Å². The number of halogens is 2. The molecular formula is C16H10Cl2N2O. The Morgan fingerprint density at radius 2 is 2.05 bits per heavy atom. The number of anilines is 1. The van der Waals surface area contributed by atoms with Gasteiger partial charge in [0.1, 0.15) is 0 Å². The first-order chi connectivity index (χ1) is 10.1. The number of rotatable bonds is 2. The lowest BCUT2D eigenvalue weighted by molar-refractivity contribution is -0.115. The van der Waals surface area contributed by atoms with Gasteiger partial charge in [0.25, 0.3) is 0 Å². The van der Waals surface area contributed by atoms with Gasteiger partial charge in [-0.05, 0) is 34.9 Å². The van der Waals surface area contributed by atoms with Crippen molar-refractivity contribution in [3.05, 3.63) is 51.5 Å². The van der Waals surface area contributed by atoms with Crippen molar-refractivity contribution in [2.75, 3.05) is 5.32 Å². The Labute approximate surface area is 132 Å². The monoisotopic (exact) mass is 316 g/mol. The fraction of sp³-hybridized carbons (Fsp3) is 0.125. The van der Waals surface area contributed by atoms with Crippen LogP contribution in [0.2, 0.25) is 10.0 Å². The minimum absolute atomic E-state index is 0.0170.